The number of carbonyl (C=O) groups excluding carboxylic acids is 1. The topological polar surface area (TPSA) is 58.6 Å². The molecule has 1 aromatic carbocycles. The second-order valence-electron chi connectivity index (χ2n) is 5.00. The Hall–Kier alpha value is -1.53. The van der Waals surface area contributed by atoms with Gasteiger partial charge in [-0.15, -0.1) is 0 Å². The number of amides is 1. The van der Waals surface area contributed by atoms with Gasteiger partial charge in [0.25, 0.3) is 0 Å². The van der Waals surface area contributed by atoms with Crippen molar-refractivity contribution in [1.29, 1.82) is 0 Å². The lowest BCUT2D eigenvalue weighted by Crippen LogP contribution is -2.39. The zero-order valence-electron chi connectivity index (χ0n) is 12.4. The monoisotopic (exact) mass is 301 g/mol. The van der Waals surface area contributed by atoms with Gasteiger partial charge in [0.1, 0.15) is 6.61 Å². The summed E-state index contributed by atoms with van der Waals surface area (Å²) >= 11 is 0. The molecule has 21 heavy (non-hydrogen) atoms. The Bertz CT molecular complexity index is 482. The summed E-state index contributed by atoms with van der Waals surface area (Å²) < 4.78 is 31.2. The van der Waals surface area contributed by atoms with Crippen LogP contribution in [0.3, 0.4) is 0 Å². The van der Waals surface area contributed by atoms with Crippen molar-refractivity contribution in [3.63, 3.8) is 0 Å². The molecule has 0 heterocycles. The van der Waals surface area contributed by atoms with Crippen LogP contribution in [0.5, 0.6) is 0 Å². The van der Waals surface area contributed by atoms with Crippen molar-refractivity contribution in [2.24, 2.45) is 0 Å². The molecule has 1 aromatic rings. The van der Waals surface area contributed by atoms with Crippen LogP contribution in [0.25, 0.3) is 0 Å². The maximum atomic E-state index is 13.1. The zero-order chi connectivity index (χ0) is 16.0. The number of nitrogens with one attached hydrogen (secondary N) is 1. The SMILES string of the molecule is CCC(C)OCC(=O)NC(C)C(O)c1ccc(F)c(F)c1. The van der Waals surface area contributed by atoms with Crippen molar-refractivity contribution in [1.82, 2.24) is 5.32 Å². The second kappa shape index (κ2) is 8.05. The van der Waals surface area contributed by atoms with E-state index in [2.05, 4.69) is 5.32 Å². The Kier molecular flexibility index (Phi) is 6.71. The van der Waals surface area contributed by atoms with E-state index in [4.69, 9.17) is 4.74 Å². The number of aliphatic hydroxyl groups excluding tert-OH is 1. The van der Waals surface area contributed by atoms with Crippen LogP contribution in [0.2, 0.25) is 0 Å². The number of hydrogen-bond donors (Lipinski definition) is 2. The van der Waals surface area contributed by atoms with Crippen LogP contribution in [-0.4, -0.2) is 29.8 Å². The summed E-state index contributed by atoms with van der Waals surface area (Å²) in [7, 11) is 0. The van der Waals surface area contributed by atoms with Crippen LogP contribution in [0.4, 0.5) is 8.78 Å². The van der Waals surface area contributed by atoms with Gasteiger partial charge in [0, 0.05) is 0 Å². The minimum absolute atomic E-state index is 0.0258. The average molecular weight is 301 g/mol. The minimum Gasteiger partial charge on any atom is -0.386 e. The molecule has 0 radical (unpaired) electrons. The van der Waals surface area contributed by atoms with Crippen molar-refractivity contribution in [3.8, 4) is 0 Å². The summed E-state index contributed by atoms with van der Waals surface area (Å²) in [4.78, 5) is 11.6. The molecular formula is C15H21F2NO3. The summed E-state index contributed by atoms with van der Waals surface area (Å²) in [6, 6.07) is 2.48. The number of ether oxygens (including phenoxy) is 1. The highest BCUT2D eigenvalue weighted by molar-refractivity contribution is 5.77. The lowest BCUT2D eigenvalue weighted by atomic mass is 10.0. The van der Waals surface area contributed by atoms with E-state index in [0.29, 0.717) is 0 Å². The standard InChI is InChI=1S/C15H21F2NO3/c1-4-9(2)21-8-14(19)18-10(3)15(20)11-5-6-12(16)13(17)7-11/h5-7,9-10,15,20H,4,8H2,1-3H3,(H,18,19). The summed E-state index contributed by atoms with van der Waals surface area (Å²) in [6.45, 7) is 5.27. The van der Waals surface area contributed by atoms with Gasteiger partial charge in [-0.25, -0.2) is 8.78 Å². The van der Waals surface area contributed by atoms with E-state index in [1.807, 2.05) is 13.8 Å². The van der Waals surface area contributed by atoms with Crippen LogP contribution in [-0.2, 0) is 9.53 Å². The van der Waals surface area contributed by atoms with Crippen LogP contribution < -0.4 is 5.32 Å². The molecule has 0 bridgehead atoms. The lowest BCUT2D eigenvalue weighted by molar-refractivity contribution is -0.128. The molecule has 0 aliphatic carbocycles. The number of rotatable bonds is 7. The number of hydrogen-bond acceptors (Lipinski definition) is 3. The predicted molar refractivity (Wildman–Crippen MR) is 74.6 cm³/mol. The fraction of sp³-hybridized carbons (Fsp3) is 0.533. The summed E-state index contributed by atoms with van der Waals surface area (Å²) in [5.74, 6) is -2.39. The number of carbonyl (C=O) groups is 1. The third-order valence-electron chi connectivity index (χ3n) is 3.22. The van der Waals surface area contributed by atoms with Gasteiger partial charge in [-0.1, -0.05) is 13.0 Å². The highest BCUT2D eigenvalue weighted by Gasteiger charge is 2.20. The van der Waals surface area contributed by atoms with Gasteiger partial charge < -0.3 is 15.2 Å². The third-order valence-corrected chi connectivity index (χ3v) is 3.22. The smallest absolute Gasteiger partial charge is 0.246 e. The van der Waals surface area contributed by atoms with Gasteiger partial charge in [0.15, 0.2) is 11.6 Å². The first-order chi connectivity index (χ1) is 9.85. The Morgan fingerprint density at radius 1 is 1.33 bits per heavy atom. The highest BCUT2D eigenvalue weighted by Crippen LogP contribution is 2.19. The van der Waals surface area contributed by atoms with Gasteiger partial charge >= 0.3 is 0 Å². The van der Waals surface area contributed by atoms with Gasteiger partial charge in [-0.3, -0.25) is 4.79 Å². The fourth-order valence-electron chi connectivity index (χ4n) is 1.70. The normalized spacial score (nSPS) is 15.3. The quantitative estimate of drug-likeness (QED) is 0.812. The Morgan fingerprint density at radius 3 is 2.57 bits per heavy atom. The number of benzene rings is 1. The minimum atomic E-state index is -1.13. The van der Waals surface area contributed by atoms with Gasteiger partial charge in [-0.2, -0.15) is 0 Å². The van der Waals surface area contributed by atoms with Crippen molar-refractivity contribution in [3.05, 3.63) is 35.4 Å². The van der Waals surface area contributed by atoms with Crippen molar-refractivity contribution < 1.29 is 23.4 Å². The van der Waals surface area contributed by atoms with Gasteiger partial charge in [-0.05, 0) is 38.0 Å². The second-order valence-corrected chi connectivity index (χ2v) is 5.00. The molecule has 0 saturated carbocycles. The van der Waals surface area contributed by atoms with E-state index in [9.17, 15) is 18.7 Å². The van der Waals surface area contributed by atoms with Crippen molar-refractivity contribution in [2.75, 3.05) is 6.61 Å². The Labute approximate surface area is 123 Å². The highest BCUT2D eigenvalue weighted by atomic mass is 19.2. The van der Waals surface area contributed by atoms with Crippen LogP contribution in [0, 0.1) is 11.6 Å². The van der Waals surface area contributed by atoms with E-state index in [0.717, 1.165) is 18.6 Å². The van der Waals surface area contributed by atoms with E-state index in [1.165, 1.54) is 6.07 Å². The Morgan fingerprint density at radius 2 is 2.00 bits per heavy atom. The molecule has 0 spiro atoms. The maximum Gasteiger partial charge on any atom is 0.246 e. The fourth-order valence-corrected chi connectivity index (χ4v) is 1.70. The van der Waals surface area contributed by atoms with E-state index < -0.39 is 23.8 Å². The first kappa shape index (κ1) is 17.5. The van der Waals surface area contributed by atoms with E-state index in [1.54, 1.807) is 6.92 Å². The molecule has 3 unspecified atom stereocenters. The molecule has 4 nitrogen and oxygen atoms in total. The third kappa shape index (κ3) is 5.40. The molecule has 2 N–H and O–H groups in total. The van der Waals surface area contributed by atoms with Gasteiger partial charge in [0.2, 0.25) is 5.91 Å². The largest absolute Gasteiger partial charge is 0.386 e. The molecule has 1 amide bonds. The molecule has 0 saturated heterocycles. The first-order valence-electron chi connectivity index (χ1n) is 6.89. The van der Waals surface area contributed by atoms with Crippen molar-refractivity contribution >= 4 is 5.91 Å². The molecule has 118 valence electrons. The maximum absolute atomic E-state index is 13.1. The number of halogens is 2. The van der Waals surface area contributed by atoms with E-state index >= 15 is 0 Å². The van der Waals surface area contributed by atoms with Crippen LogP contribution in [0.1, 0.15) is 38.9 Å². The van der Waals surface area contributed by atoms with Crippen LogP contribution >= 0.6 is 0 Å². The van der Waals surface area contributed by atoms with E-state index in [-0.39, 0.29) is 24.2 Å². The molecule has 0 aliphatic heterocycles. The van der Waals surface area contributed by atoms with Gasteiger partial charge in [0.05, 0.1) is 18.2 Å². The summed E-state index contributed by atoms with van der Waals surface area (Å²) in [6.07, 6.45) is -0.366. The number of aliphatic hydroxyl groups is 1. The molecule has 1 rings (SSSR count). The first-order valence-corrected chi connectivity index (χ1v) is 6.89. The average Bonchev–Trinajstić information content (AvgIpc) is 2.46. The predicted octanol–water partition coefficient (Wildman–Crippen LogP) is 2.32. The summed E-state index contributed by atoms with van der Waals surface area (Å²) in [5.41, 5.74) is 0.199. The summed E-state index contributed by atoms with van der Waals surface area (Å²) in [5, 5.41) is 12.6. The lowest BCUT2D eigenvalue weighted by Gasteiger charge is -2.21. The molecule has 3 atom stereocenters. The molecular weight excluding hydrogens is 280 g/mol. The Balaban J connectivity index is 2.55. The van der Waals surface area contributed by atoms with Crippen molar-refractivity contribution in [2.45, 2.75) is 45.4 Å². The molecule has 0 aliphatic rings. The molecule has 0 fully saturated rings. The van der Waals surface area contributed by atoms with Crippen LogP contribution in [0.15, 0.2) is 18.2 Å². The zero-order valence-corrected chi connectivity index (χ0v) is 12.4. The molecule has 0 aromatic heterocycles. The molecule has 6 heteroatoms.